The number of amides is 1. The molecule has 0 spiro atoms. The van der Waals surface area contributed by atoms with Gasteiger partial charge in [0.1, 0.15) is 0 Å². The van der Waals surface area contributed by atoms with Gasteiger partial charge in [-0.15, -0.1) is 0 Å². The first-order valence-electron chi connectivity index (χ1n) is 5.41. The number of nitrogens with two attached hydrogens (primary N) is 1. The van der Waals surface area contributed by atoms with Crippen LogP contribution in [0.2, 0.25) is 0 Å². The second-order valence-electron chi connectivity index (χ2n) is 3.69. The third-order valence-electron chi connectivity index (χ3n) is 2.24. The topological polar surface area (TPSA) is 55.1 Å². The smallest absolute Gasteiger partial charge is 0.251 e. The number of hydrogen-bond donors (Lipinski definition) is 2. The van der Waals surface area contributed by atoms with E-state index in [1.165, 1.54) is 0 Å². The Kier molecular flexibility index (Phi) is 6.15. The van der Waals surface area contributed by atoms with Crippen LogP contribution in [-0.4, -0.2) is 17.4 Å². The minimum Gasteiger partial charge on any atom is -0.393 e. The van der Waals surface area contributed by atoms with Crippen LogP contribution in [0.5, 0.6) is 0 Å². The van der Waals surface area contributed by atoms with Crippen molar-refractivity contribution < 1.29 is 4.79 Å². The van der Waals surface area contributed by atoms with Crippen LogP contribution in [-0.2, 0) is 0 Å². The molecule has 0 bridgehead atoms. The Bertz CT molecular complexity index is 392. The van der Waals surface area contributed by atoms with Gasteiger partial charge in [0.2, 0.25) is 0 Å². The van der Waals surface area contributed by atoms with Crippen LogP contribution in [0.4, 0.5) is 0 Å². The standard InChI is InChI=1S/C12H15BrN2OS/c13-10-6-4-9(5-7-10)12(16)15-8-2-1-3-11(14)17/h4-7H,1-3,8H2,(H2,14,17)(H,15,16). The Morgan fingerprint density at radius 2 is 1.94 bits per heavy atom. The van der Waals surface area contributed by atoms with Crippen molar-refractivity contribution in [2.75, 3.05) is 6.54 Å². The molecule has 0 saturated heterocycles. The van der Waals surface area contributed by atoms with E-state index in [-0.39, 0.29) is 5.91 Å². The molecule has 3 N–H and O–H groups in total. The quantitative estimate of drug-likeness (QED) is 0.627. The molecule has 1 aromatic rings. The van der Waals surface area contributed by atoms with E-state index in [9.17, 15) is 4.79 Å². The van der Waals surface area contributed by atoms with Crippen molar-refractivity contribution >= 4 is 39.0 Å². The molecule has 5 heteroatoms. The lowest BCUT2D eigenvalue weighted by Gasteiger charge is -2.05. The average molecular weight is 315 g/mol. The number of nitrogens with one attached hydrogen (secondary N) is 1. The van der Waals surface area contributed by atoms with Gasteiger partial charge in [-0.2, -0.15) is 0 Å². The molecule has 0 aliphatic heterocycles. The lowest BCUT2D eigenvalue weighted by Crippen LogP contribution is -2.24. The van der Waals surface area contributed by atoms with Crippen LogP contribution in [0.15, 0.2) is 28.7 Å². The number of carbonyl (C=O) groups is 1. The summed E-state index contributed by atoms with van der Waals surface area (Å²) in [4.78, 5) is 12.2. The molecule has 0 fully saturated rings. The fourth-order valence-electron chi connectivity index (χ4n) is 1.33. The first-order valence-corrected chi connectivity index (χ1v) is 6.62. The molecule has 1 aromatic carbocycles. The number of hydrogen-bond acceptors (Lipinski definition) is 2. The van der Waals surface area contributed by atoms with Gasteiger partial charge < -0.3 is 11.1 Å². The highest BCUT2D eigenvalue weighted by molar-refractivity contribution is 9.10. The second-order valence-corrected chi connectivity index (χ2v) is 5.13. The summed E-state index contributed by atoms with van der Waals surface area (Å²) in [5.41, 5.74) is 6.05. The van der Waals surface area contributed by atoms with Gasteiger partial charge in [-0.1, -0.05) is 28.1 Å². The maximum Gasteiger partial charge on any atom is 0.251 e. The highest BCUT2D eigenvalue weighted by atomic mass is 79.9. The van der Waals surface area contributed by atoms with Crippen LogP contribution in [0, 0.1) is 0 Å². The molecular weight excluding hydrogens is 300 g/mol. The first kappa shape index (κ1) is 14.1. The van der Waals surface area contributed by atoms with E-state index >= 15 is 0 Å². The number of halogens is 1. The highest BCUT2D eigenvalue weighted by Crippen LogP contribution is 2.10. The normalized spacial score (nSPS) is 9.94. The second kappa shape index (κ2) is 7.40. The van der Waals surface area contributed by atoms with Crippen LogP contribution in [0.1, 0.15) is 29.6 Å². The minimum absolute atomic E-state index is 0.0483. The zero-order chi connectivity index (χ0) is 12.7. The van der Waals surface area contributed by atoms with Gasteiger partial charge in [0.25, 0.3) is 5.91 Å². The third-order valence-corrected chi connectivity index (χ3v) is 2.97. The molecule has 0 aromatic heterocycles. The number of carbonyl (C=O) groups excluding carboxylic acids is 1. The molecule has 0 radical (unpaired) electrons. The van der Waals surface area contributed by atoms with Crippen LogP contribution in [0.3, 0.4) is 0 Å². The molecule has 0 atom stereocenters. The van der Waals surface area contributed by atoms with Gasteiger partial charge >= 0.3 is 0 Å². The molecule has 3 nitrogen and oxygen atoms in total. The van der Waals surface area contributed by atoms with Crippen molar-refractivity contribution in [1.82, 2.24) is 5.32 Å². The van der Waals surface area contributed by atoms with E-state index in [4.69, 9.17) is 18.0 Å². The summed E-state index contributed by atoms with van der Waals surface area (Å²) in [5, 5.41) is 2.85. The minimum atomic E-state index is -0.0483. The summed E-state index contributed by atoms with van der Waals surface area (Å²) >= 11 is 8.10. The maximum absolute atomic E-state index is 11.7. The van der Waals surface area contributed by atoms with E-state index in [1.54, 1.807) is 12.1 Å². The summed E-state index contributed by atoms with van der Waals surface area (Å²) in [7, 11) is 0. The van der Waals surface area contributed by atoms with E-state index < -0.39 is 0 Å². The van der Waals surface area contributed by atoms with Crippen molar-refractivity contribution in [3.05, 3.63) is 34.3 Å². The van der Waals surface area contributed by atoms with Gasteiger partial charge in [-0.3, -0.25) is 4.79 Å². The fraction of sp³-hybridized carbons (Fsp3) is 0.333. The highest BCUT2D eigenvalue weighted by Gasteiger charge is 2.03. The van der Waals surface area contributed by atoms with E-state index in [0.29, 0.717) is 17.1 Å². The lowest BCUT2D eigenvalue weighted by atomic mass is 10.2. The lowest BCUT2D eigenvalue weighted by molar-refractivity contribution is 0.0953. The SMILES string of the molecule is NC(=S)CCCCNC(=O)c1ccc(Br)cc1. The van der Waals surface area contributed by atoms with Crippen molar-refractivity contribution in [3.8, 4) is 0 Å². The number of unbranched alkanes of at least 4 members (excludes halogenated alkanes) is 1. The molecule has 92 valence electrons. The molecular formula is C12H15BrN2OS. The van der Waals surface area contributed by atoms with Crippen molar-refractivity contribution in [1.29, 1.82) is 0 Å². The summed E-state index contributed by atoms with van der Waals surface area (Å²) < 4.78 is 0.963. The molecule has 1 amide bonds. The Morgan fingerprint density at radius 1 is 1.29 bits per heavy atom. The van der Waals surface area contributed by atoms with Gasteiger partial charge in [0.15, 0.2) is 0 Å². The molecule has 1 rings (SSSR count). The van der Waals surface area contributed by atoms with Crippen molar-refractivity contribution in [3.63, 3.8) is 0 Å². The zero-order valence-corrected chi connectivity index (χ0v) is 11.8. The monoisotopic (exact) mass is 314 g/mol. The predicted molar refractivity (Wildman–Crippen MR) is 77.1 cm³/mol. The van der Waals surface area contributed by atoms with Gasteiger partial charge in [-0.05, 0) is 43.5 Å². The molecule has 17 heavy (non-hydrogen) atoms. The first-order chi connectivity index (χ1) is 8.09. The van der Waals surface area contributed by atoms with Gasteiger partial charge in [-0.25, -0.2) is 0 Å². The van der Waals surface area contributed by atoms with Crippen LogP contribution >= 0.6 is 28.1 Å². The fourth-order valence-corrected chi connectivity index (χ4v) is 1.74. The van der Waals surface area contributed by atoms with Crippen molar-refractivity contribution in [2.45, 2.75) is 19.3 Å². The molecule has 0 aliphatic rings. The Morgan fingerprint density at radius 3 is 2.53 bits per heavy atom. The third kappa shape index (κ3) is 5.79. The summed E-state index contributed by atoms with van der Waals surface area (Å²) in [6, 6.07) is 7.27. The van der Waals surface area contributed by atoms with Gasteiger partial charge in [0.05, 0.1) is 4.99 Å². The summed E-state index contributed by atoms with van der Waals surface area (Å²) in [5.74, 6) is -0.0483. The Hall–Kier alpha value is -0.940. The predicted octanol–water partition coefficient (Wildman–Crippen LogP) is 2.64. The van der Waals surface area contributed by atoms with Crippen LogP contribution in [0.25, 0.3) is 0 Å². The average Bonchev–Trinajstić information content (AvgIpc) is 2.29. The number of thiocarbonyl (C=S) groups is 1. The zero-order valence-electron chi connectivity index (χ0n) is 9.41. The molecule has 0 heterocycles. The molecule has 0 aliphatic carbocycles. The van der Waals surface area contributed by atoms with Crippen molar-refractivity contribution in [2.24, 2.45) is 5.73 Å². The van der Waals surface area contributed by atoms with Crippen LogP contribution < -0.4 is 11.1 Å². The maximum atomic E-state index is 11.7. The Balaban J connectivity index is 2.25. The van der Waals surface area contributed by atoms with E-state index in [2.05, 4.69) is 21.2 Å². The van der Waals surface area contributed by atoms with E-state index in [0.717, 1.165) is 23.7 Å². The van der Waals surface area contributed by atoms with Gasteiger partial charge in [0, 0.05) is 16.6 Å². The molecule has 0 saturated carbocycles. The summed E-state index contributed by atoms with van der Waals surface area (Å²) in [6.45, 7) is 0.650. The molecule has 0 unspecified atom stereocenters. The summed E-state index contributed by atoms with van der Waals surface area (Å²) in [6.07, 6.45) is 2.54. The number of benzene rings is 1. The van der Waals surface area contributed by atoms with E-state index in [1.807, 2.05) is 12.1 Å². The largest absolute Gasteiger partial charge is 0.393 e. The Labute approximate surface area is 115 Å². The number of rotatable bonds is 6.